The molecule has 2 heterocycles. The summed E-state index contributed by atoms with van der Waals surface area (Å²) in [7, 11) is 0. The molecule has 2 aromatic carbocycles. The highest BCUT2D eigenvalue weighted by molar-refractivity contribution is 7.80. The van der Waals surface area contributed by atoms with Gasteiger partial charge in [0.1, 0.15) is 5.02 Å². The predicted molar refractivity (Wildman–Crippen MR) is 140 cm³/mol. The van der Waals surface area contributed by atoms with Crippen LogP contribution in [0.1, 0.15) is 11.1 Å². The molecule has 0 saturated carbocycles. The molecule has 33 heavy (non-hydrogen) atoms. The zero-order valence-corrected chi connectivity index (χ0v) is 21.3. The average molecular weight is 561 g/mol. The van der Waals surface area contributed by atoms with Crippen molar-refractivity contribution in [2.75, 3.05) is 10.6 Å². The third kappa shape index (κ3) is 5.93. The Kier molecular flexibility index (Phi) is 7.69. The summed E-state index contributed by atoms with van der Waals surface area (Å²) in [6.07, 6.45) is 3.45. The first-order valence-electron chi connectivity index (χ1n) is 9.50. The van der Waals surface area contributed by atoms with E-state index in [0.29, 0.717) is 49.8 Å². The minimum atomic E-state index is 0.277. The van der Waals surface area contributed by atoms with Crippen LogP contribution in [0, 0.1) is 0 Å². The van der Waals surface area contributed by atoms with E-state index >= 15 is 0 Å². The fourth-order valence-corrected chi connectivity index (χ4v) is 4.46. The van der Waals surface area contributed by atoms with E-state index in [2.05, 4.69) is 20.8 Å². The number of anilines is 2. The van der Waals surface area contributed by atoms with Crippen LogP contribution in [-0.4, -0.2) is 24.7 Å². The van der Waals surface area contributed by atoms with Gasteiger partial charge in [0.05, 0.1) is 13.1 Å². The molecule has 170 valence electrons. The van der Waals surface area contributed by atoms with Crippen molar-refractivity contribution in [2.45, 2.75) is 13.1 Å². The number of hydrogen-bond acceptors (Lipinski definition) is 3. The van der Waals surface area contributed by atoms with Gasteiger partial charge in [0, 0.05) is 49.7 Å². The first-order valence-corrected chi connectivity index (χ1v) is 11.8. The van der Waals surface area contributed by atoms with Crippen molar-refractivity contribution in [1.82, 2.24) is 19.6 Å². The standard InChI is InChI=1S/C21H15Cl5N6S/c22-14-3-1-4-15(23)12(14)9-31-8-7-19(29-31)27-21(33)28-20-18(26)11-32(30-20)10-13-16(24)5-2-6-17(13)25/h1-8,11H,9-10H2,(H2,27,28,29,30,33). The molecule has 0 aliphatic rings. The normalized spacial score (nSPS) is 10.9. The number of halogens is 5. The highest BCUT2D eigenvalue weighted by Gasteiger charge is 2.13. The van der Waals surface area contributed by atoms with Gasteiger partial charge in [0.2, 0.25) is 0 Å². The van der Waals surface area contributed by atoms with E-state index in [1.807, 2.05) is 0 Å². The van der Waals surface area contributed by atoms with E-state index in [1.54, 1.807) is 64.2 Å². The molecule has 0 spiro atoms. The molecule has 0 aliphatic heterocycles. The second-order valence-electron chi connectivity index (χ2n) is 6.90. The van der Waals surface area contributed by atoms with Crippen LogP contribution in [0.2, 0.25) is 25.1 Å². The number of aromatic nitrogens is 4. The highest BCUT2D eigenvalue weighted by atomic mass is 35.5. The van der Waals surface area contributed by atoms with Crippen molar-refractivity contribution in [1.29, 1.82) is 0 Å². The van der Waals surface area contributed by atoms with Crippen molar-refractivity contribution < 1.29 is 0 Å². The average Bonchev–Trinajstić information content (AvgIpc) is 3.33. The minimum absolute atomic E-state index is 0.277. The van der Waals surface area contributed by atoms with E-state index < -0.39 is 0 Å². The summed E-state index contributed by atoms with van der Waals surface area (Å²) in [6, 6.07) is 12.5. The molecule has 0 radical (unpaired) electrons. The van der Waals surface area contributed by atoms with Gasteiger partial charge in [0.15, 0.2) is 16.7 Å². The summed E-state index contributed by atoms with van der Waals surface area (Å²) in [5.41, 5.74) is 1.53. The zero-order valence-electron chi connectivity index (χ0n) is 16.7. The van der Waals surface area contributed by atoms with E-state index in [4.69, 9.17) is 70.2 Å². The Labute approximate surface area is 220 Å². The van der Waals surface area contributed by atoms with Crippen LogP contribution in [0.25, 0.3) is 0 Å². The first kappa shape index (κ1) is 24.1. The number of hydrogen-bond donors (Lipinski definition) is 2. The lowest BCUT2D eigenvalue weighted by Crippen LogP contribution is -2.20. The molecule has 0 amide bonds. The number of thiocarbonyl (C=S) groups is 1. The molecule has 0 unspecified atom stereocenters. The van der Waals surface area contributed by atoms with Crippen LogP contribution < -0.4 is 10.6 Å². The minimum Gasteiger partial charge on any atom is -0.316 e. The fraction of sp³-hybridized carbons (Fsp3) is 0.0952. The summed E-state index contributed by atoms with van der Waals surface area (Å²) in [4.78, 5) is 0. The van der Waals surface area contributed by atoms with Crippen molar-refractivity contribution in [3.63, 3.8) is 0 Å². The molecule has 0 fully saturated rings. The summed E-state index contributed by atoms with van der Waals surface area (Å²) in [5.74, 6) is 0.925. The Balaban J connectivity index is 1.40. The van der Waals surface area contributed by atoms with Crippen molar-refractivity contribution in [2.24, 2.45) is 0 Å². The number of rotatable bonds is 6. The van der Waals surface area contributed by atoms with Crippen LogP contribution in [0.5, 0.6) is 0 Å². The lowest BCUT2D eigenvalue weighted by molar-refractivity contribution is 0.689. The SMILES string of the molecule is S=C(Nc1ccn(Cc2c(Cl)cccc2Cl)n1)Nc1nn(Cc2c(Cl)cccc2Cl)cc1Cl. The van der Waals surface area contributed by atoms with Gasteiger partial charge in [-0.3, -0.25) is 9.36 Å². The van der Waals surface area contributed by atoms with E-state index in [9.17, 15) is 0 Å². The Morgan fingerprint density at radius 1 is 0.727 bits per heavy atom. The molecule has 0 aliphatic carbocycles. The van der Waals surface area contributed by atoms with Gasteiger partial charge in [0.25, 0.3) is 0 Å². The van der Waals surface area contributed by atoms with Crippen LogP contribution in [0.4, 0.5) is 11.6 Å². The Bertz CT molecular complexity index is 1280. The largest absolute Gasteiger partial charge is 0.316 e. The summed E-state index contributed by atoms with van der Waals surface area (Å²) >= 11 is 36.7. The van der Waals surface area contributed by atoms with Crippen molar-refractivity contribution in [3.8, 4) is 0 Å². The third-order valence-corrected chi connectivity index (χ3v) is 6.49. The summed E-state index contributed by atoms with van der Waals surface area (Å²) in [5, 5.41) is 17.8. The van der Waals surface area contributed by atoms with E-state index in [-0.39, 0.29) is 5.11 Å². The molecular weight excluding hydrogens is 546 g/mol. The van der Waals surface area contributed by atoms with E-state index in [1.165, 1.54) is 0 Å². The quantitative estimate of drug-likeness (QED) is 0.243. The maximum atomic E-state index is 6.32. The van der Waals surface area contributed by atoms with Crippen molar-refractivity contribution >= 4 is 87.0 Å². The van der Waals surface area contributed by atoms with Gasteiger partial charge >= 0.3 is 0 Å². The molecule has 4 aromatic rings. The maximum Gasteiger partial charge on any atom is 0.177 e. The van der Waals surface area contributed by atoms with Crippen LogP contribution in [0.3, 0.4) is 0 Å². The molecule has 0 bridgehead atoms. The monoisotopic (exact) mass is 558 g/mol. The molecule has 4 rings (SSSR count). The van der Waals surface area contributed by atoms with Crippen LogP contribution in [0.15, 0.2) is 54.9 Å². The molecule has 0 saturated heterocycles. The zero-order chi connectivity index (χ0) is 23.5. The smallest absolute Gasteiger partial charge is 0.177 e. The summed E-state index contributed by atoms with van der Waals surface area (Å²) < 4.78 is 3.33. The molecule has 12 heteroatoms. The molecular formula is C21H15Cl5N6S. The second kappa shape index (κ2) is 10.5. The van der Waals surface area contributed by atoms with Crippen LogP contribution >= 0.6 is 70.2 Å². The Hall–Kier alpha value is -2.00. The van der Waals surface area contributed by atoms with E-state index in [0.717, 1.165) is 11.1 Å². The Morgan fingerprint density at radius 3 is 1.85 bits per heavy atom. The predicted octanol–water partition coefficient (Wildman–Crippen LogP) is 7.25. The number of nitrogens with one attached hydrogen (secondary N) is 2. The van der Waals surface area contributed by atoms with Crippen LogP contribution in [-0.2, 0) is 13.1 Å². The number of nitrogens with zero attached hydrogens (tertiary/aromatic N) is 4. The topological polar surface area (TPSA) is 59.7 Å². The van der Waals surface area contributed by atoms with Gasteiger partial charge in [-0.2, -0.15) is 10.2 Å². The van der Waals surface area contributed by atoms with Gasteiger partial charge in [-0.15, -0.1) is 0 Å². The second-order valence-corrected chi connectivity index (χ2v) is 9.35. The van der Waals surface area contributed by atoms with Gasteiger partial charge in [-0.1, -0.05) is 70.1 Å². The lowest BCUT2D eigenvalue weighted by Gasteiger charge is -2.08. The molecule has 0 atom stereocenters. The maximum absolute atomic E-state index is 6.32. The first-order chi connectivity index (χ1) is 15.8. The van der Waals surface area contributed by atoms with Gasteiger partial charge in [-0.05, 0) is 36.5 Å². The van der Waals surface area contributed by atoms with Gasteiger partial charge in [-0.25, -0.2) is 0 Å². The third-order valence-electron chi connectivity index (χ3n) is 4.59. The summed E-state index contributed by atoms with van der Waals surface area (Å²) in [6.45, 7) is 0.774. The lowest BCUT2D eigenvalue weighted by atomic mass is 10.2. The molecule has 2 aromatic heterocycles. The number of benzene rings is 2. The van der Waals surface area contributed by atoms with Gasteiger partial charge < -0.3 is 10.6 Å². The highest BCUT2D eigenvalue weighted by Crippen LogP contribution is 2.27. The van der Waals surface area contributed by atoms with Crippen molar-refractivity contribution in [3.05, 3.63) is 91.1 Å². The Morgan fingerprint density at radius 2 is 1.27 bits per heavy atom. The molecule has 6 nitrogen and oxygen atoms in total. The fourth-order valence-electron chi connectivity index (χ4n) is 3.03. The molecule has 2 N–H and O–H groups in total.